The molecule has 12 heteroatoms. The van der Waals surface area contributed by atoms with E-state index in [-0.39, 0.29) is 6.92 Å². The third kappa shape index (κ3) is 6.08. The molecule has 0 spiro atoms. The van der Waals surface area contributed by atoms with Crippen molar-refractivity contribution in [2.45, 2.75) is 28.5 Å². The number of rotatable bonds is 6. The average Bonchev–Trinajstić information content (AvgIpc) is 2.56. The highest BCUT2D eigenvalue weighted by Crippen LogP contribution is 2.33. The van der Waals surface area contributed by atoms with Crippen LogP contribution in [0.5, 0.6) is 0 Å². The molecule has 0 aliphatic rings. The predicted molar refractivity (Wildman–Crippen MR) is 101 cm³/mol. The maximum absolute atomic E-state index is 14.2. The van der Waals surface area contributed by atoms with Crippen LogP contribution < -0.4 is 10.0 Å². The number of alkyl halides is 3. The minimum absolute atomic E-state index is 0.271. The summed E-state index contributed by atoms with van der Waals surface area (Å²) in [6.45, 7) is 0.271. The van der Waals surface area contributed by atoms with Crippen LogP contribution >= 0.6 is 11.8 Å². The fourth-order valence-electron chi connectivity index (χ4n) is 1.97. The van der Waals surface area contributed by atoms with Crippen molar-refractivity contribution < 1.29 is 35.9 Å². The molecule has 0 bridgehead atoms. The Bertz CT molecular complexity index is 1010. The normalized spacial score (nSPS) is 14.2. The van der Waals surface area contributed by atoms with Crippen molar-refractivity contribution in [3.8, 4) is 0 Å². The van der Waals surface area contributed by atoms with Crippen LogP contribution in [0.2, 0.25) is 0 Å². The maximum atomic E-state index is 14.2. The molecule has 0 radical (unpaired) electrons. The predicted octanol–water partition coefficient (Wildman–Crippen LogP) is 3.60. The van der Waals surface area contributed by atoms with Gasteiger partial charge >= 0.3 is 6.18 Å². The van der Waals surface area contributed by atoms with Gasteiger partial charge in [-0.1, -0.05) is 11.8 Å². The summed E-state index contributed by atoms with van der Waals surface area (Å²) in [5.41, 5.74) is -3.84. The first-order valence-electron chi connectivity index (χ1n) is 7.85. The highest BCUT2D eigenvalue weighted by atomic mass is 32.2. The number of anilines is 2. The Morgan fingerprint density at radius 2 is 1.62 bits per heavy atom. The van der Waals surface area contributed by atoms with Gasteiger partial charge in [0, 0.05) is 15.5 Å². The van der Waals surface area contributed by atoms with E-state index in [4.69, 9.17) is 0 Å². The molecule has 158 valence electrons. The topological polar surface area (TPSA) is 95.5 Å². The number of nitrogens with one attached hydrogen (secondary N) is 2. The molecule has 1 amide bonds. The van der Waals surface area contributed by atoms with E-state index < -0.39 is 39.2 Å². The first-order valence-corrected chi connectivity index (χ1v) is 10.6. The Kier molecular flexibility index (Phi) is 6.50. The lowest BCUT2D eigenvalue weighted by Gasteiger charge is -2.25. The van der Waals surface area contributed by atoms with Crippen LogP contribution in [0.25, 0.3) is 0 Å². The number of sulfonamides is 1. The van der Waals surface area contributed by atoms with Crippen molar-refractivity contribution in [3.63, 3.8) is 0 Å². The molecule has 3 N–H and O–H groups in total. The van der Waals surface area contributed by atoms with Crippen molar-refractivity contribution in [3.05, 3.63) is 48.3 Å². The van der Waals surface area contributed by atoms with Crippen molar-refractivity contribution in [1.29, 1.82) is 0 Å². The highest BCUT2D eigenvalue weighted by molar-refractivity contribution is 7.99. The zero-order chi connectivity index (χ0) is 22.0. The largest absolute Gasteiger partial charge is 0.426 e. The highest BCUT2D eigenvalue weighted by Gasteiger charge is 2.55. The van der Waals surface area contributed by atoms with Gasteiger partial charge in [0.2, 0.25) is 15.6 Å². The molecule has 0 fully saturated rings. The van der Waals surface area contributed by atoms with Gasteiger partial charge in [0.15, 0.2) is 0 Å². The van der Waals surface area contributed by atoms with Crippen LogP contribution in [0.15, 0.2) is 52.3 Å². The number of hydrogen-bond donors (Lipinski definition) is 3. The molecule has 2 aromatic carbocycles. The second kappa shape index (κ2) is 8.20. The summed E-state index contributed by atoms with van der Waals surface area (Å²) in [5.74, 6) is -2.80. The fourth-order valence-corrected chi connectivity index (χ4v) is 3.38. The molecule has 2 rings (SSSR count). The lowest BCUT2D eigenvalue weighted by atomic mass is 10.1. The molecule has 6 nitrogen and oxygen atoms in total. The molecule has 0 heterocycles. The van der Waals surface area contributed by atoms with Gasteiger partial charge in [0.05, 0.1) is 11.9 Å². The average molecular weight is 452 g/mol. The van der Waals surface area contributed by atoms with Crippen molar-refractivity contribution in [2.75, 3.05) is 16.3 Å². The quantitative estimate of drug-likeness (QED) is 0.582. The molecule has 0 aliphatic carbocycles. The first-order chi connectivity index (χ1) is 13.2. The summed E-state index contributed by atoms with van der Waals surface area (Å²) in [6.07, 6.45) is -4.21. The molecule has 0 saturated carbocycles. The van der Waals surface area contributed by atoms with Crippen LogP contribution in [0.4, 0.5) is 28.9 Å². The Balaban J connectivity index is 2.11. The minimum atomic E-state index is -5.22. The first kappa shape index (κ1) is 23.0. The number of halogens is 4. The van der Waals surface area contributed by atoms with E-state index in [2.05, 4.69) is 4.72 Å². The summed E-state index contributed by atoms with van der Waals surface area (Å²) in [6, 6.07) is 9.64. The second-order valence-corrected chi connectivity index (χ2v) is 9.06. The molecular weight excluding hydrogens is 436 g/mol. The van der Waals surface area contributed by atoms with E-state index in [0.717, 1.165) is 30.2 Å². The summed E-state index contributed by atoms with van der Waals surface area (Å²) in [7, 11) is -3.42. The van der Waals surface area contributed by atoms with Gasteiger partial charge in [-0.2, -0.15) is 13.2 Å². The zero-order valence-corrected chi connectivity index (χ0v) is 16.7. The number of amides is 1. The summed E-state index contributed by atoms with van der Waals surface area (Å²) in [4.78, 5) is 12.7. The van der Waals surface area contributed by atoms with E-state index in [0.29, 0.717) is 15.5 Å². The third-order valence-electron chi connectivity index (χ3n) is 3.58. The van der Waals surface area contributed by atoms with E-state index in [1.54, 1.807) is 17.4 Å². The van der Waals surface area contributed by atoms with Gasteiger partial charge in [0.1, 0.15) is 5.82 Å². The molecule has 2 aromatic rings. The van der Waals surface area contributed by atoms with E-state index in [9.17, 15) is 35.9 Å². The third-order valence-corrected chi connectivity index (χ3v) is 5.18. The molecule has 0 saturated heterocycles. The Morgan fingerprint density at radius 3 is 2.10 bits per heavy atom. The number of aliphatic hydroxyl groups is 1. The number of carbonyl (C=O) groups excluding carboxylic acids is 1. The van der Waals surface area contributed by atoms with Gasteiger partial charge in [0.25, 0.3) is 5.91 Å². The van der Waals surface area contributed by atoms with Crippen LogP contribution in [0.3, 0.4) is 0 Å². The van der Waals surface area contributed by atoms with Crippen LogP contribution in [-0.4, -0.2) is 37.5 Å². The zero-order valence-electron chi connectivity index (χ0n) is 15.0. The standard InChI is InChI=1S/C17H16F4N2O4S2/c1-16(25,17(19,20)21)15(24)22-14-8-7-12(9-13(14)18)28-11-5-3-10(4-6-11)23-29(2,26)27/h3-9,23,25H,1-2H3,(H,22,24). The van der Waals surface area contributed by atoms with Crippen molar-refractivity contribution in [1.82, 2.24) is 0 Å². The lowest BCUT2D eigenvalue weighted by Crippen LogP contribution is -2.52. The summed E-state index contributed by atoms with van der Waals surface area (Å²) < 4.78 is 76.8. The van der Waals surface area contributed by atoms with Gasteiger partial charge in [-0.25, -0.2) is 12.8 Å². The Morgan fingerprint density at radius 1 is 1.07 bits per heavy atom. The summed E-state index contributed by atoms with van der Waals surface area (Å²) in [5, 5.41) is 11.0. The molecule has 0 aliphatic heterocycles. The van der Waals surface area contributed by atoms with Crippen molar-refractivity contribution >= 4 is 39.1 Å². The molecule has 1 atom stereocenters. The lowest BCUT2D eigenvalue weighted by molar-refractivity contribution is -0.242. The van der Waals surface area contributed by atoms with Gasteiger partial charge in [-0.15, -0.1) is 0 Å². The fraction of sp³-hybridized carbons (Fsp3) is 0.235. The second-order valence-electron chi connectivity index (χ2n) is 6.17. The van der Waals surface area contributed by atoms with E-state index in [1.165, 1.54) is 18.2 Å². The minimum Gasteiger partial charge on any atom is -0.373 e. The van der Waals surface area contributed by atoms with Gasteiger partial charge < -0.3 is 10.4 Å². The molecule has 0 aromatic heterocycles. The summed E-state index contributed by atoms with van der Waals surface area (Å²) >= 11 is 1.11. The molecular formula is C17H16F4N2O4S2. The monoisotopic (exact) mass is 452 g/mol. The molecule has 29 heavy (non-hydrogen) atoms. The van der Waals surface area contributed by atoms with E-state index in [1.807, 2.05) is 0 Å². The molecule has 1 unspecified atom stereocenters. The van der Waals surface area contributed by atoms with Crippen LogP contribution in [0, 0.1) is 5.82 Å². The van der Waals surface area contributed by atoms with Gasteiger partial charge in [-0.05, 0) is 49.4 Å². The van der Waals surface area contributed by atoms with E-state index >= 15 is 0 Å². The number of carbonyl (C=O) groups is 1. The number of benzene rings is 2. The van der Waals surface area contributed by atoms with Crippen molar-refractivity contribution in [2.24, 2.45) is 0 Å². The smallest absolute Gasteiger partial charge is 0.373 e. The Hall–Kier alpha value is -2.31. The Labute approximate surface area is 168 Å². The van der Waals surface area contributed by atoms with Gasteiger partial charge in [-0.3, -0.25) is 9.52 Å². The number of hydrogen-bond acceptors (Lipinski definition) is 5. The SMILES string of the molecule is CC(O)(C(=O)Nc1ccc(Sc2ccc(NS(C)(=O)=O)cc2)cc1F)C(F)(F)F. The maximum Gasteiger partial charge on any atom is 0.426 e. The van der Waals surface area contributed by atoms with Crippen LogP contribution in [-0.2, 0) is 14.8 Å². The van der Waals surface area contributed by atoms with Crippen LogP contribution in [0.1, 0.15) is 6.92 Å².